The number of hydrogen-bond donors (Lipinski definition) is 1. The van der Waals surface area contributed by atoms with E-state index in [-0.39, 0.29) is 0 Å². The Bertz CT molecular complexity index is 426. The van der Waals surface area contributed by atoms with Crippen molar-refractivity contribution in [3.63, 3.8) is 0 Å². The van der Waals surface area contributed by atoms with E-state index in [2.05, 4.69) is 41.2 Å². The third kappa shape index (κ3) is 3.50. The third-order valence-corrected chi connectivity index (χ3v) is 5.31. The van der Waals surface area contributed by atoms with Crippen LogP contribution in [0.1, 0.15) is 52.4 Å². The molecule has 0 bridgehead atoms. The zero-order chi connectivity index (χ0) is 14.7. The first-order chi connectivity index (χ1) is 10.2. The lowest BCUT2D eigenvalue weighted by Gasteiger charge is -2.36. The molecule has 1 aromatic rings. The predicted octanol–water partition coefficient (Wildman–Crippen LogP) is 4.31. The lowest BCUT2D eigenvalue weighted by molar-refractivity contribution is 0.268. The summed E-state index contributed by atoms with van der Waals surface area (Å²) < 4.78 is 0. The SMILES string of the molecule is CC1CCCC(C)C1Nc1ccc(N2CCCCC2)nc1. The average molecular weight is 287 g/mol. The number of aromatic nitrogens is 1. The van der Waals surface area contributed by atoms with E-state index < -0.39 is 0 Å². The standard InChI is InChI=1S/C18H29N3/c1-14-7-6-8-15(2)18(14)20-16-9-10-17(19-13-16)21-11-4-3-5-12-21/h9-10,13-15,18,20H,3-8,11-12H2,1-2H3. The summed E-state index contributed by atoms with van der Waals surface area (Å²) in [5, 5.41) is 3.73. The number of rotatable bonds is 3. The van der Waals surface area contributed by atoms with Crippen molar-refractivity contribution in [1.82, 2.24) is 4.98 Å². The molecule has 2 fully saturated rings. The highest BCUT2D eigenvalue weighted by Gasteiger charge is 2.27. The molecule has 1 aliphatic carbocycles. The number of pyridine rings is 1. The molecule has 3 rings (SSSR count). The van der Waals surface area contributed by atoms with Crippen LogP contribution in [0.25, 0.3) is 0 Å². The van der Waals surface area contributed by atoms with E-state index in [4.69, 9.17) is 0 Å². The third-order valence-electron chi connectivity index (χ3n) is 5.31. The fourth-order valence-electron chi connectivity index (χ4n) is 3.94. The van der Waals surface area contributed by atoms with Crippen molar-refractivity contribution in [3.05, 3.63) is 18.3 Å². The second kappa shape index (κ2) is 6.67. The van der Waals surface area contributed by atoms with Crippen molar-refractivity contribution >= 4 is 11.5 Å². The molecular weight excluding hydrogens is 258 g/mol. The maximum Gasteiger partial charge on any atom is 0.128 e. The number of nitrogens with zero attached hydrogens (tertiary/aromatic N) is 2. The fourth-order valence-corrected chi connectivity index (χ4v) is 3.94. The number of hydrogen-bond acceptors (Lipinski definition) is 3. The smallest absolute Gasteiger partial charge is 0.128 e. The zero-order valence-electron chi connectivity index (χ0n) is 13.5. The Labute approximate surface area is 129 Å². The van der Waals surface area contributed by atoms with Gasteiger partial charge < -0.3 is 10.2 Å². The lowest BCUT2D eigenvalue weighted by atomic mass is 9.78. The Morgan fingerprint density at radius 1 is 1.00 bits per heavy atom. The van der Waals surface area contributed by atoms with Gasteiger partial charge in [0.15, 0.2) is 0 Å². The van der Waals surface area contributed by atoms with Gasteiger partial charge in [-0.05, 0) is 56.1 Å². The number of anilines is 2. The van der Waals surface area contributed by atoms with Crippen LogP contribution in [0.15, 0.2) is 18.3 Å². The van der Waals surface area contributed by atoms with E-state index in [1.54, 1.807) is 0 Å². The second-order valence-electron chi connectivity index (χ2n) is 7.01. The molecule has 0 spiro atoms. The molecule has 1 N–H and O–H groups in total. The molecule has 1 saturated heterocycles. The van der Waals surface area contributed by atoms with Gasteiger partial charge in [0, 0.05) is 19.1 Å². The van der Waals surface area contributed by atoms with Gasteiger partial charge in [0.1, 0.15) is 5.82 Å². The quantitative estimate of drug-likeness (QED) is 0.898. The first kappa shape index (κ1) is 14.7. The molecular formula is C18H29N3. The normalized spacial score (nSPS) is 30.2. The van der Waals surface area contributed by atoms with Crippen LogP contribution >= 0.6 is 0 Å². The van der Waals surface area contributed by atoms with Crippen molar-refractivity contribution in [3.8, 4) is 0 Å². The molecule has 0 aromatic carbocycles. The lowest BCUT2D eigenvalue weighted by Crippen LogP contribution is -2.37. The Balaban J connectivity index is 1.63. The van der Waals surface area contributed by atoms with E-state index in [1.165, 1.54) is 44.2 Å². The van der Waals surface area contributed by atoms with Gasteiger partial charge in [-0.25, -0.2) is 4.98 Å². The fraction of sp³-hybridized carbons (Fsp3) is 0.722. The number of piperidine rings is 1. The van der Waals surface area contributed by atoms with E-state index in [0.29, 0.717) is 6.04 Å². The van der Waals surface area contributed by atoms with Gasteiger partial charge >= 0.3 is 0 Å². The second-order valence-corrected chi connectivity index (χ2v) is 7.01. The molecule has 0 amide bonds. The van der Waals surface area contributed by atoms with E-state index in [0.717, 1.165) is 30.7 Å². The summed E-state index contributed by atoms with van der Waals surface area (Å²) in [5.41, 5.74) is 1.18. The summed E-state index contributed by atoms with van der Waals surface area (Å²) in [4.78, 5) is 7.10. The van der Waals surface area contributed by atoms with Crippen molar-refractivity contribution in [1.29, 1.82) is 0 Å². The van der Waals surface area contributed by atoms with E-state index in [9.17, 15) is 0 Å². The highest BCUT2D eigenvalue weighted by molar-refractivity contribution is 5.49. The van der Waals surface area contributed by atoms with Crippen LogP contribution in [-0.2, 0) is 0 Å². The summed E-state index contributed by atoms with van der Waals surface area (Å²) in [6, 6.07) is 5.00. The summed E-state index contributed by atoms with van der Waals surface area (Å²) in [6.07, 6.45) is 10.1. The molecule has 2 heterocycles. The topological polar surface area (TPSA) is 28.2 Å². The minimum atomic E-state index is 0.599. The van der Waals surface area contributed by atoms with Gasteiger partial charge in [-0.3, -0.25) is 0 Å². The first-order valence-electron chi connectivity index (χ1n) is 8.71. The van der Waals surface area contributed by atoms with E-state index >= 15 is 0 Å². The van der Waals surface area contributed by atoms with Gasteiger partial charge in [0.05, 0.1) is 11.9 Å². The first-order valence-corrected chi connectivity index (χ1v) is 8.71. The Morgan fingerprint density at radius 3 is 2.33 bits per heavy atom. The van der Waals surface area contributed by atoms with Crippen LogP contribution in [-0.4, -0.2) is 24.1 Å². The van der Waals surface area contributed by atoms with Gasteiger partial charge in [0.2, 0.25) is 0 Å². The molecule has 2 unspecified atom stereocenters. The molecule has 2 atom stereocenters. The average Bonchev–Trinajstić information content (AvgIpc) is 2.53. The molecule has 1 aromatic heterocycles. The summed E-state index contributed by atoms with van der Waals surface area (Å²) >= 11 is 0. The highest BCUT2D eigenvalue weighted by atomic mass is 15.2. The van der Waals surface area contributed by atoms with Crippen LogP contribution in [0.5, 0.6) is 0 Å². The molecule has 1 aliphatic heterocycles. The Kier molecular flexibility index (Phi) is 4.67. The molecule has 3 nitrogen and oxygen atoms in total. The molecule has 0 radical (unpaired) electrons. The molecule has 2 aliphatic rings. The van der Waals surface area contributed by atoms with Crippen molar-refractivity contribution < 1.29 is 0 Å². The minimum absolute atomic E-state index is 0.599. The minimum Gasteiger partial charge on any atom is -0.381 e. The number of nitrogens with one attached hydrogen (secondary N) is 1. The predicted molar refractivity (Wildman–Crippen MR) is 89.9 cm³/mol. The monoisotopic (exact) mass is 287 g/mol. The largest absolute Gasteiger partial charge is 0.381 e. The highest BCUT2D eigenvalue weighted by Crippen LogP contribution is 2.31. The van der Waals surface area contributed by atoms with Crippen LogP contribution < -0.4 is 10.2 Å². The maximum atomic E-state index is 4.68. The molecule has 3 heteroatoms. The van der Waals surface area contributed by atoms with Crippen LogP contribution in [0.4, 0.5) is 11.5 Å². The summed E-state index contributed by atoms with van der Waals surface area (Å²) in [5.74, 6) is 2.66. The summed E-state index contributed by atoms with van der Waals surface area (Å²) in [7, 11) is 0. The van der Waals surface area contributed by atoms with E-state index in [1.807, 2.05) is 6.20 Å². The molecule has 21 heavy (non-hydrogen) atoms. The van der Waals surface area contributed by atoms with Crippen molar-refractivity contribution in [2.45, 2.75) is 58.4 Å². The van der Waals surface area contributed by atoms with Crippen molar-refractivity contribution in [2.75, 3.05) is 23.3 Å². The van der Waals surface area contributed by atoms with Crippen LogP contribution in [0.2, 0.25) is 0 Å². The maximum absolute atomic E-state index is 4.68. The zero-order valence-corrected chi connectivity index (χ0v) is 13.5. The van der Waals surface area contributed by atoms with Crippen LogP contribution in [0, 0.1) is 11.8 Å². The Morgan fingerprint density at radius 2 is 1.71 bits per heavy atom. The van der Waals surface area contributed by atoms with Gasteiger partial charge in [0.25, 0.3) is 0 Å². The van der Waals surface area contributed by atoms with Crippen molar-refractivity contribution in [2.24, 2.45) is 11.8 Å². The molecule has 1 saturated carbocycles. The Hall–Kier alpha value is -1.25. The van der Waals surface area contributed by atoms with Gasteiger partial charge in [-0.15, -0.1) is 0 Å². The van der Waals surface area contributed by atoms with Gasteiger partial charge in [-0.2, -0.15) is 0 Å². The molecule has 116 valence electrons. The van der Waals surface area contributed by atoms with Gasteiger partial charge in [-0.1, -0.05) is 20.3 Å². The summed E-state index contributed by atoms with van der Waals surface area (Å²) in [6.45, 7) is 7.08. The van der Waals surface area contributed by atoms with Crippen LogP contribution in [0.3, 0.4) is 0 Å².